The van der Waals surface area contributed by atoms with E-state index in [1.54, 1.807) is 6.07 Å². The molecule has 5 heteroatoms. The predicted molar refractivity (Wildman–Crippen MR) is 57.1 cm³/mol. The van der Waals surface area contributed by atoms with Crippen LogP contribution in [0.1, 0.15) is 12.5 Å². The van der Waals surface area contributed by atoms with E-state index in [2.05, 4.69) is 4.74 Å². The zero-order chi connectivity index (χ0) is 12.9. The first-order valence-electron chi connectivity index (χ1n) is 4.96. The number of halogens is 3. The van der Waals surface area contributed by atoms with Gasteiger partial charge >= 0.3 is 12.1 Å². The first kappa shape index (κ1) is 13.3. The third-order valence-electron chi connectivity index (χ3n) is 1.94. The second-order valence-corrected chi connectivity index (χ2v) is 3.17. The Morgan fingerprint density at radius 1 is 1.29 bits per heavy atom. The van der Waals surface area contributed by atoms with Crippen LogP contribution in [0.5, 0.6) is 0 Å². The van der Waals surface area contributed by atoms with Crippen molar-refractivity contribution in [2.24, 2.45) is 0 Å². The molecule has 0 radical (unpaired) electrons. The summed E-state index contributed by atoms with van der Waals surface area (Å²) >= 11 is 0. The van der Waals surface area contributed by atoms with Gasteiger partial charge in [-0.3, -0.25) is 0 Å². The van der Waals surface area contributed by atoms with Gasteiger partial charge in [0.15, 0.2) is 0 Å². The lowest BCUT2D eigenvalue weighted by atomic mass is 10.1. The summed E-state index contributed by atoms with van der Waals surface area (Å²) in [6, 6.07) is 7.12. The van der Waals surface area contributed by atoms with E-state index in [0.717, 1.165) is 0 Å². The van der Waals surface area contributed by atoms with Crippen LogP contribution in [0.2, 0.25) is 0 Å². The molecular formula is C12H11F3O2. The second-order valence-electron chi connectivity index (χ2n) is 3.17. The average Bonchev–Trinajstić information content (AvgIpc) is 2.26. The van der Waals surface area contributed by atoms with Crippen molar-refractivity contribution in [1.82, 2.24) is 0 Å². The van der Waals surface area contributed by atoms with E-state index < -0.39 is 17.7 Å². The average molecular weight is 244 g/mol. The lowest BCUT2D eigenvalue weighted by Gasteiger charge is -2.11. The number of hydrogen-bond acceptors (Lipinski definition) is 2. The number of carbonyl (C=O) groups excluding carboxylic acids is 1. The zero-order valence-corrected chi connectivity index (χ0v) is 9.12. The molecule has 2 nitrogen and oxygen atoms in total. The van der Waals surface area contributed by atoms with Crippen LogP contribution in [-0.2, 0) is 9.53 Å². The summed E-state index contributed by atoms with van der Waals surface area (Å²) in [6.45, 7) is 1.57. The van der Waals surface area contributed by atoms with Gasteiger partial charge < -0.3 is 4.74 Å². The minimum absolute atomic E-state index is 0.0370. The van der Waals surface area contributed by atoms with Crippen LogP contribution in [0, 0.1) is 0 Å². The summed E-state index contributed by atoms with van der Waals surface area (Å²) in [5, 5.41) is 0. The number of benzene rings is 1. The molecule has 1 aromatic rings. The molecule has 0 N–H and O–H groups in total. The molecule has 0 fully saturated rings. The van der Waals surface area contributed by atoms with Crippen molar-refractivity contribution in [1.29, 1.82) is 0 Å². The second kappa shape index (κ2) is 5.52. The summed E-state index contributed by atoms with van der Waals surface area (Å²) < 4.78 is 42.7. The van der Waals surface area contributed by atoms with Crippen LogP contribution >= 0.6 is 0 Å². The number of hydrogen-bond donors (Lipinski definition) is 0. The Bertz CT molecular complexity index is 408. The highest BCUT2D eigenvalue weighted by molar-refractivity contribution is 5.92. The van der Waals surface area contributed by atoms with Crippen LogP contribution in [-0.4, -0.2) is 18.8 Å². The van der Waals surface area contributed by atoms with Crippen molar-refractivity contribution in [2.45, 2.75) is 13.1 Å². The summed E-state index contributed by atoms with van der Waals surface area (Å²) in [4.78, 5) is 11.1. The van der Waals surface area contributed by atoms with E-state index in [0.29, 0.717) is 6.08 Å². The Kier molecular flexibility index (Phi) is 4.31. The van der Waals surface area contributed by atoms with Gasteiger partial charge in [-0.2, -0.15) is 13.2 Å². The topological polar surface area (TPSA) is 26.3 Å². The normalized spacial score (nSPS) is 12.4. The largest absolute Gasteiger partial charge is 0.463 e. The Morgan fingerprint density at radius 2 is 1.88 bits per heavy atom. The van der Waals surface area contributed by atoms with Crippen molar-refractivity contribution in [3.8, 4) is 0 Å². The smallest absolute Gasteiger partial charge is 0.417 e. The monoisotopic (exact) mass is 244 g/mol. The van der Waals surface area contributed by atoms with Crippen LogP contribution in [0.15, 0.2) is 36.4 Å². The zero-order valence-electron chi connectivity index (χ0n) is 9.12. The van der Waals surface area contributed by atoms with E-state index in [4.69, 9.17) is 0 Å². The molecule has 17 heavy (non-hydrogen) atoms. The van der Waals surface area contributed by atoms with E-state index in [1.165, 1.54) is 31.2 Å². The fraction of sp³-hybridized carbons (Fsp3) is 0.250. The maximum absolute atomic E-state index is 12.7. The summed E-state index contributed by atoms with van der Waals surface area (Å²) in [5.41, 5.74) is -1.07. The highest BCUT2D eigenvalue weighted by atomic mass is 19.4. The first-order chi connectivity index (χ1) is 7.95. The lowest BCUT2D eigenvalue weighted by molar-refractivity contribution is -0.137. The van der Waals surface area contributed by atoms with Crippen LogP contribution < -0.4 is 0 Å². The van der Waals surface area contributed by atoms with Crippen LogP contribution in [0.4, 0.5) is 13.2 Å². The molecule has 0 aromatic heterocycles. The molecule has 92 valence electrons. The first-order valence-corrected chi connectivity index (χ1v) is 4.96. The maximum Gasteiger partial charge on any atom is 0.417 e. The molecule has 1 aromatic carbocycles. The molecule has 0 heterocycles. The van der Waals surface area contributed by atoms with E-state index in [9.17, 15) is 18.0 Å². The number of allylic oxidation sites excluding steroid dienone is 1. The Labute approximate surface area is 96.7 Å². The SMILES string of the molecule is CCOC(=O)/C=C(/c1ccccc1)C(F)(F)F. The fourth-order valence-corrected chi connectivity index (χ4v) is 1.25. The van der Waals surface area contributed by atoms with Crippen molar-refractivity contribution in [3.63, 3.8) is 0 Å². The van der Waals surface area contributed by atoms with Crippen molar-refractivity contribution in [2.75, 3.05) is 6.61 Å². The van der Waals surface area contributed by atoms with Crippen LogP contribution in [0.3, 0.4) is 0 Å². The molecule has 0 saturated heterocycles. The highest BCUT2D eigenvalue weighted by Crippen LogP contribution is 2.33. The standard InChI is InChI=1S/C12H11F3O2/c1-2-17-11(16)8-10(12(13,14)15)9-6-4-3-5-7-9/h3-8H,2H2,1H3/b10-8-. The van der Waals surface area contributed by atoms with E-state index >= 15 is 0 Å². The highest BCUT2D eigenvalue weighted by Gasteiger charge is 2.35. The molecule has 0 amide bonds. The van der Waals surface area contributed by atoms with Gasteiger partial charge in [0, 0.05) is 6.08 Å². The molecule has 0 spiro atoms. The number of carbonyl (C=O) groups is 1. The van der Waals surface area contributed by atoms with Crippen molar-refractivity contribution in [3.05, 3.63) is 42.0 Å². The number of alkyl halides is 3. The third-order valence-corrected chi connectivity index (χ3v) is 1.94. The Balaban J connectivity index is 3.10. The quantitative estimate of drug-likeness (QED) is 0.603. The number of esters is 1. The van der Waals surface area contributed by atoms with Crippen molar-refractivity contribution < 1.29 is 22.7 Å². The van der Waals surface area contributed by atoms with Gasteiger partial charge in [0.25, 0.3) is 0 Å². The van der Waals surface area contributed by atoms with Crippen LogP contribution in [0.25, 0.3) is 5.57 Å². The van der Waals surface area contributed by atoms with Gasteiger partial charge in [-0.25, -0.2) is 4.79 Å². The van der Waals surface area contributed by atoms with Crippen molar-refractivity contribution >= 4 is 11.5 Å². The summed E-state index contributed by atoms with van der Waals surface area (Å²) in [7, 11) is 0. The minimum Gasteiger partial charge on any atom is -0.463 e. The Hall–Kier alpha value is -1.78. The lowest BCUT2D eigenvalue weighted by Crippen LogP contribution is -2.13. The minimum atomic E-state index is -4.59. The maximum atomic E-state index is 12.7. The molecule has 0 saturated carbocycles. The summed E-state index contributed by atoms with van der Waals surface area (Å²) in [5.74, 6) is -0.997. The molecule has 0 aliphatic carbocycles. The van der Waals surface area contributed by atoms with Gasteiger partial charge in [0.1, 0.15) is 0 Å². The third kappa shape index (κ3) is 3.94. The number of ether oxygens (including phenoxy) is 1. The Morgan fingerprint density at radius 3 is 2.35 bits per heavy atom. The number of rotatable bonds is 3. The molecule has 0 bridgehead atoms. The molecule has 0 atom stereocenters. The molecule has 0 unspecified atom stereocenters. The van der Waals surface area contributed by atoms with E-state index in [-0.39, 0.29) is 12.2 Å². The molecule has 0 aliphatic rings. The van der Waals surface area contributed by atoms with Gasteiger partial charge in [0.2, 0.25) is 0 Å². The van der Waals surface area contributed by atoms with E-state index in [1.807, 2.05) is 0 Å². The molecule has 0 aliphatic heterocycles. The molecular weight excluding hydrogens is 233 g/mol. The van der Waals surface area contributed by atoms with Gasteiger partial charge in [-0.05, 0) is 12.5 Å². The van der Waals surface area contributed by atoms with Gasteiger partial charge in [0.05, 0.1) is 12.2 Å². The molecule has 1 rings (SSSR count). The fourth-order valence-electron chi connectivity index (χ4n) is 1.25. The van der Waals surface area contributed by atoms with Gasteiger partial charge in [-0.15, -0.1) is 0 Å². The summed E-state index contributed by atoms with van der Waals surface area (Å²) in [6.07, 6.45) is -4.12. The van der Waals surface area contributed by atoms with Gasteiger partial charge in [-0.1, -0.05) is 30.3 Å². The predicted octanol–water partition coefficient (Wildman–Crippen LogP) is 3.20.